The maximum atomic E-state index is 13.9. The van der Waals surface area contributed by atoms with E-state index in [2.05, 4.69) is 23.5 Å². The van der Waals surface area contributed by atoms with E-state index in [0.717, 1.165) is 29.1 Å². The molecule has 0 saturated carbocycles. The van der Waals surface area contributed by atoms with Crippen molar-refractivity contribution in [3.8, 4) is 0 Å². The minimum atomic E-state index is -1.12. The van der Waals surface area contributed by atoms with Crippen molar-refractivity contribution in [1.82, 2.24) is 9.69 Å². The lowest BCUT2D eigenvalue weighted by Gasteiger charge is -2.31. The largest absolute Gasteiger partial charge is 0.467 e. The number of amides is 3. The standard InChI is InChI=1S/C24H29N5O4S/c1-13(2)9-10-27-23(31)20(17-6-5-11-33-17)29(16-12-14(3)7-8-15(16)4)24(32)21-18(25)19(22(26)30)28-34-21/h5-8,11-13,20H,9-10,25H2,1-4H3,(H2,26,30)(H,27,31). The zero-order chi connectivity index (χ0) is 25.0. The minimum absolute atomic E-state index is 0.0150. The Morgan fingerprint density at radius 1 is 1.21 bits per heavy atom. The molecule has 0 fully saturated rings. The zero-order valence-electron chi connectivity index (χ0n) is 19.6. The van der Waals surface area contributed by atoms with Gasteiger partial charge in [0, 0.05) is 12.2 Å². The van der Waals surface area contributed by atoms with Gasteiger partial charge in [0.25, 0.3) is 17.7 Å². The number of primary amides is 1. The van der Waals surface area contributed by atoms with Crippen LogP contribution >= 0.6 is 11.5 Å². The van der Waals surface area contributed by atoms with Crippen LogP contribution in [0.3, 0.4) is 0 Å². The van der Waals surface area contributed by atoms with E-state index in [4.69, 9.17) is 15.9 Å². The summed E-state index contributed by atoms with van der Waals surface area (Å²) in [6.07, 6.45) is 2.22. The fraction of sp³-hybridized carbons (Fsp3) is 0.333. The molecule has 10 heteroatoms. The molecule has 2 heterocycles. The van der Waals surface area contributed by atoms with Crippen molar-refractivity contribution in [1.29, 1.82) is 0 Å². The number of nitrogens with two attached hydrogens (primary N) is 2. The van der Waals surface area contributed by atoms with Gasteiger partial charge in [-0.3, -0.25) is 19.3 Å². The van der Waals surface area contributed by atoms with Crippen LogP contribution in [-0.4, -0.2) is 28.6 Å². The molecule has 1 aromatic carbocycles. The van der Waals surface area contributed by atoms with E-state index < -0.39 is 23.8 Å². The zero-order valence-corrected chi connectivity index (χ0v) is 20.4. The molecular weight excluding hydrogens is 454 g/mol. The lowest BCUT2D eigenvalue weighted by Crippen LogP contribution is -2.44. The summed E-state index contributed by atoms with van der Waals surface area (Å²) in [7, 11) is 0. The normalized spacial score (nSPS) is 11.9. The van der Waals surface area contributed by atoms with E-state index in [9.17, 15) is 14.4 Å². The smallest absolute Gasteiger partial charge is 0.273 e. The summed E-state index contributed by atoms with van der Waals surface area (Å²) < 4.78 is 9.56. The number of aromatic nitrogens is 1. The van der Waals surface area contributed by atoms with Gasteiger partial charge in [-0.25, -0.2) is 0 Å². The predicted molar refractivity (Wildman–Crippen MR) is 132 cm³/mol. The quantitative estimate of drug-likeness (QED) is 0.424. The molecule has 0 bridgehead atoms. The lowest BCUT2D eigenvalue weighted by molar-refractivity contribution is -0.122. The van der Waals surface area contributed by atoms with Crippen LogP contribution in [0, 0.1) is 19.8 Å². The van der Waals surface area contributed by atoms with Gasteiger partial charge in [0.2, 0.25) is 0 Å². The van der Waals surface area contributed by atoms with Crippen LogP contribution < -0.4 is 21.7 Å². The van der Waals surface area contributed by atoms with Crippen LogP contribution in [0.5, 0.6) is 0 Å². The summed E-state index contributed by atoms with van der Waals surface area (Å²) in [4.78, 5) is 40.5. The number of anilines is 2. The van der Waals surface area contributed by atoms with Gasteiger partial charge in [-0.2, -0.15) is 4.37 Å². The van der Waals surface area contributed by atoms with Crippen molar-refractivity contribution >= 4 is 40.6 Å². The average Bonchev–Trinajstić information content (AvgIpc) is 3.43. The maximum absolute atomic E-state index is 13.9. The van der Waals surface area contributed by atoms with Crippen LogP contribution in [-0.2, 0) is 4.79 Å². The highest BCUT2D eigenvalue weighted by Gasteiger charge is 2.38. The fourth-order valence-corrected chi connectivity index (χ4v) is 4.23. The number of hydrogen-bond acceptors (Lipinski definition) is 7. The van der Waals surface area contributed by atoms with E-state index in [0.29, 0.717) is 18.2 Å². The molecule has 0 spiro atoms. The predicted octanol–water partition coefficient (Wildman–Crippen LogP) is 3.58. The minimum Gasteiger partial charge on any atom is -0.467 e. The molecule has 9 nitrogen and oxygen atoms in total. The second kappa shape index (κ2) is 10.5. The number of aryl methyl sites for hydroxylation is 2. The first kappa shape index (κ1) is 25.0. The van der Waals surface area contributed by atoms with Gasteiger partial charge >= 0.3 is 0 Å². The molecule has 0 saturated heterocycles. The van der Waals surface area contributed by atoms with E-state index in [1.54, 1.807) is 12.1 Å². The second-order valence-corrected chi connectivity index (χ2v) is 9.27. The van der Waals surface area contributed by atoms with Gasteiger partial charge in [-0.05, 0) is 67.0 Å². The molecule has 1 atom stereocenters. The molecule has 3 aromatic rings. The maximum Gasteiger partial charge on any atom is 0.273 e. The molecule has 180 valence electrons. The first-order valence-corrected chi connectivity index (χ1v) is 11.7. The molecule has 0 aliphatic carbocycles. The van der Waals surface area contributed by atoms with Gasteiger partial charge in [-0.15, -0.1) is 0 Å². The fourth-order valence-electron chi connectivity index (χ4n) is 3.48. The van der Waals surface area contributed by atoms with E-state index >= 15 is 0 Å². The monoisotopic (exact) mass is 483 g/mol. The Hall–Kier alpha value is -3.66. The number of benzene rings is 1. The molecule has 1 unspecified atom stereocenters. The molecule has 2 aromatic heterocycles. The van der Waals surface area contributed by atoms with Crippen molar-refractivity contribution in [2.75, 3.05) is 17.2 Å². The van der Waals surface area contributed by atoms with Gasteiger partial charge in [0.15, 0.2) is 11.7 Å². The van der Waals surface area contributed by atoms with Crippen molar-refractivity contribution in [3.05, 3.63) is 64.1 Å². The van der Waals surface area contributed by atoms with Crippen LogP contribution in [0.2, 0.25) is 0 Å². The third-order valence-corrected chi connectivity index (χ3v) is 6.19. The van der Waals surface area contributed by atoms with Gasteiger partial charge in [0.1, 0.15) is 10.6 Å². The number of rotatable bonds is 9. The highest BCUT2D eigenvalue weighted by molar-refractivity contribution is 7.09. The summed E-state index contributed by atoms with van der Waals surface area (Å²) in [6, 6.07) is 7.78. The van der Waals surface area contributed by atoms with E-state index in [1.165, 1.54) is 11.2 Å². The Morgan fingerprint density at radius 3 is 2.53 bits per heavy atom. The van der Waals surface area contributed by atoms with Crippen molar-refractivity contribution in [2.45, 2.75) is 40.2 Å². The molecule has 0 aliphatic heterocycles. The molecule has 34 heavy (non-hydrogen) atoms. The summed E-state index contributed by atoms with van der Waals surface area (Å²) in [5, 5.41) is 2.92. The molecule has 3 amide bonds. The third kappa shape index (κ3) is 5.28. The molecule has 0 radical (unpaired) electrons. The molecule has 0 aliphatic rings. The van der Waals surface area contributed by atoms with E-state index in [-0.39, 0.29) is 22.0 Å². The number of nitrogens with one attached hydrogen (secondary N) is 1. The Labute approximate surface area is 202 Å². The number of hydrogen-bond donors (Lipinski definition) is 3. The van der Waals surface area contributed by atoms with Crippen molar-refractivity contribution in [2.24, 2.45) is 11.7 Å². The number of nitrogen functional groups attached to an aromatic ring is 1. The SMILES string of the molecule is Cc1ccc(C)c(N(C(=O)c2snc(C(N)=O)c2N)C(C(=O)NCCC(C)C)c2ccco2)c1. The Morgan fingerprint density at radius 2 is 1.94 bits per heavy atom. The second-order valence-electron chi connectivity index (χ2n) is 8.49. The van der Waals surface area contributed by atoms with Crippen LogP contribution in [0.15, 0.2) is 41.0 Å². The average molecular weight is 484 g/mol. The number of carbonyl (C=O) groups is 3. The van der Waals surface area contributed by atoms with Crippen molar-refractivity contribution in [3.63, 3.8) is 0 Å². The topological polar surface area (TPSA) is 145 Å². The first-order chi connectivity index (χ1) is 16.1. The van der Waals surface area contributed by atoms with Gasteiger partial charge in [-0.1, -0.05) is 26.0 Å². The number of nitrogens with zero attached hydrogens (tertiary/aromatic N) is 2. The van der Waals surface area contributed by atoms with Gasteiger partial charge < -0.3 is 21.2 Å². The number of furan rings is 1. The van der Waals surface area contributed by atoms with Crippen LogP contribution in [0.25, 0.3) is 0 Å². The van der Waals surface area contributed by atoms with Crippen LogP contribution in [0.4, 0.5) is 11.4 Å². The summed E-state index contributed by atoms with van der Waals surface area (Å²) >= 11 is 0.764. The molecule has 5 N–H and O–H groups in total. The Kier molecular flexibility index (Phi) is 7.72. The lowest BCUT2D eigenvalue weighted by atomic mass is 10.0. The van der Waals surface area contributed by atoms with Gasteiger partial charge in [0.05, 0.1) is 12.0 Å². The summed E-state index contributed by atoms with van der Waals surface area (Å²) in [5.74, 6) is -1.14. The number of carbonyl (C=O) groups excluding carboxylic acids is 3. The van der Waals surface area contributed by atoms with E-state index in [1.807, 2.05) is 32.0 Å². The highest BCUT2D eigenvalue weighted by Crippen LogP contribution is 2.35. The summed E-state index contributed by atoms with van der Waals surface area (Å²) in [6.45, 7) is 8.30. The van der Waals surface area contributed by atoms with Crippen molar-refractivity contribution < 1.29 is 18.8 Å². The Bertz CT molecular complexity index is 1190. The first-order valence-electron chi connectivity index (χ1n) is 10.9. The summed E-state index contributed by atoms with van der Waals surface area (Å²) in [5.41, 5.74) is 13.3. The third-order valence-electron chi connectivity index (χ3n) is 5.34. The molecular formula is C24H29N5O4S. The highest BCUT2D eigenvalue weighted by atomic mass is 32.1. The molecule has 3 rings (SSSR count). The van der Waals surface area contributed by atoms with Crippen LogP contribution in [0.1, 0.15) is 63.4 Å². The Balaban J connectivity index is 2.16.